The van der Waals surface area contributed by atoms with Gasteiger partial charge in [-0.25, -0.2) is 0 Å². The van der Waals surface area contributed by atoms with Gasteiger partial charge in [0.15, 0.2) is 0 Å². The molecule has 0 aromatic carbocycles. The van der Waals surface area contributed by atoms with E-state index in [2.05, 4.69) is 20.2 Å². The van der Waals surface area contributed by atoms with Crippen LogP contribution >= 0.6 is 32.6 Å². The van der Waals surface area contributed by atoms with Crippen molar-refractivity contribution in [1.29, 1.82) is 0 Å². The van der Waals surface area contributed by atoms with E-state index < -0.39 is 0 Å². The molecule has 0 rings (SSSR count). The number of halogens is 3. The van der Waals surface area contributed by atoms with E-state index >= 15 is 0 Å². The van der Waals surface area contributed by atoms with Gasteiger partial charge >= 0.3 is 33.3 Å². The predicted molar refractivity (Wildman–Crippen MR) is 26.2 cm³/mol. The van der Waals surface area contributed by atoms with Gasteiger partial charge in [0.1, 0.15) is 0 Å². The van der Waals surface area contributed by atoms with Crippen molar-refractivity contribution in [3.05, 3.63) is 0 Å². The first kappa shape index (κ1) is 26.6. The van der Waals surface area contributed by atoms with E-state index in [0.29, 0.717) is 0 Å². The second kappa shape index (κ2) is 33.3. The Morgan fingerprint density at radius 2 is 1.00 bits per heavy atom. The molecule has 0 atom stereocenters. The maximum atomic E-state index is 4.67. The van der Waals surface area contributed by atoms with Crippen molar-refractivity contribution < 1.29 is 24.1 Å². The molecule has 0 saturated carbocycles. The zero-order valence-corrected chi connectivity index (χ0v) is 5.74. The average Bonchev–Trinajstić information content (AvgIpc) is 0.918. The summed E-state index contributed by atoms with van der Waals surface area (Å²) in [5, 5.41) is 0. The van der Waals surface area contributed by atoms with E-state index in [9.17, 15) is 0 Å². The van der Waals surface area contributed by atoms with Crippen LogP contribution in [0.15, 0.2) is 0 Å². The number of hydrogen-bond donors (Lipinski definition) is 0. The molecule has 0 aromatic rings. The summed E-state index contributed by atoms with van der Waals surface area (Å²) in [5.41, 5.74) is 0. The topological polar surface area (TPSA) is 63.0 Å². The number of hydrogen-bond acceptors (Lipinski definition) is 0. The second-order valence-corrected chi connectivity index (χ2v) is 1.60. The van der Waals surface area contributed by atoms with E-state index in [-0.39, 0.29) is 23.4 Å². The number of rotatable bonds is 0. The molecule has 0 aromatic heterocycles. The minimum absolute atomic E-state index is 0. The van der Waals surface area contributed by atoms with Crippen molar-refractivity contribution in [2.24, 2.45) is 0 Å². The fraction of sp³-hybridized carbons (Fsp3) is 0. The zero-order valence-electron chi connectivity index (χ0n) is 2.47. The van der Waals surface area contributed by atoms with Crippen LogP contribution in [0.3, 0.4) is 0 Å². The molecule has 4 N–H and O–H groups in total. The molecule has 0 unspecified atom stereocenters. The predicted octanol–water partition coefficient (Wildman–Crippen LogP) is 0.149. The Hall–Kier alpha value is 1.31. The molecule has 0 amide bonds. The first-order valence-corrected chi connectivity index (χ1v) is 2.82. The van der Waals surface area contributed by atoms with Gasteiger partial charge in [0.2, 0.25) is 0 Å². The zero-order chi connectivity index (χ0) is 2.71. The van der Waals surface area contributed by atoms with Crippen LogP contribution in [0.25, 0.3) is 0 Å². The molecule has 0 saturated heterocycles. The summed E-state index contributed by atoms with van der Waals surface area (Å²) >= 11 is 0.757. The van der Waals surface area contributed by atoms with Gasteiger partial charge in [-0.1, -0.05) is 0 Å². The average molecular weight is 207 g/mol. The van der Waals surface area contributed by atoms with Gasteiger partial charge in [0.05, 0.1) is 0 Å². The van der Waals surface area contributed by atoms with Crippen LogP contribution in [0.2, 0.25) is 0 Å². The SMILES string of the molecule is Cl.O.O.[Cl][Cu][Cl]. The molecular formula is H5Cl3CuO2. The first-order valence-electron chi connectivity index (χ1n) is 0.228. The Morgan fingerprint density at radius 1 is 1.00 bits per heavy atom. The van der Waals surface area contributed by atoms with Gasteiger partial charge in [0, 0.05) is 0 Å². The van der Waals surface area contributed by atoms with Crippen molar-refractivity contribution in [2.75, 3.05) is 0 Å². The first-order chi connectivity index (χ1) is 1.41. The molecule has 0 spiro atoms. The van der Waals surface area contributed by atoms with Crippen LogP contribution in [0, 0.1) is 0 Å². The van der Waals surface area contributed by atoms with Gasteiger partial charge in [-0.15, -0.1) is 12.4 Å². The minimum atomic E-state index is 0. The standard InChI is InChI=1S/3ClH.Cu.2H2O/h3*1H;;2*1H2/q;;;+2;;/p-2. The molecule has 0 bridgehead atoms. The molecule has 0 fully saturated rings. The van der Waals surface area contributed by atoms with E-state index in [1.807, 2.05) is 0 Å². The summed E-state index contributed by atoms with van der Waals surface area (Å²) in [4.78, 5) is 0. The van der Waals surface area contributed by atoms with Crippen LogP contribution in [0.4, 0.5) is 0 Å². The Bertz CT molecular complexity index is 8.75. The second-order valence-electron chi connectivity index (χ2n) is 0.0431. The quantitative estimate of drug-likeness (QED) is 0.507. The van der Waals surface area contributed by atoms with Gasteiger partial charge < -0.3 is 11.0 Å². The monoisotopic (exact) mass is 205 g/mol. The molecular weight excluding hydrogens is 202 g/mol. The van der Waals surface area contributed by atoms with E-state index in [0.717, 1.165) is 13.1 Å². The molecule has 0 heterocycles. The van der Waals surface area contributed by atoms with Crippen molar-refractivity contribution in [1.82, 2.24) is 0 Å². The molecule has 6 heavy (non-hydrogen) atoms. The summed E-state index contributed by atoms with van der Waals surface area (Å²) in [7, 11) is 9.34. The fourth-order valence-corrected chi connectivity index (χ4v) is 0. The third kappa shape index (κ3) is 57.5. The summed E-state index contributed by atoms with van der Waals surface area (Å²) in [6.45, 7) is 0. The van der Waals surface area contributed by atoms with E-state index in [4.69, 9.17) is 0 Å². The molecule has 2 nitrogen and oxygen atoms in total. The van der Waals surface area contributed by atoms with E-state index in [1.165, 1.54) is 0 Å². The Morgan fingerprint density at radius 3 is 1.00 bits per heavy atom. The Balaban J connectivity index is -0.00000000667. The van der Waals surface area contributed by atoms with Gasteiger partial charge in [-0.05, 0) is 0 Å². The van der Waals surface area contributed by atoms with Crippen LogP contribution in [-0.2, 0) is 13.1 Å². The van der Waals surface area contributed by atoms with Gasteiger partial charge in [0.25, 0.3) is 0 Å². The molecule has 0 radical (unpaired) electrons. The van der Waals surface area contributed by atoms with Crippen LogP contribution < -0.4 is 0 Å². The van der Waals surface area contributed by atoms with Crippen LogP contribution in [0.5, 0.6) is 0 Å². The van der Waals surface area contributed by atoms with Crippen molar-refractivity contribution in [3.8, 4) is 0 Å². The molecule has 0 aliphatic heterocycles. The van der Waals surface area contributed by atoms with Crippen molar-refractivity contribution in [2.45, 2.75) is 0 Å². The van der Waals surface area contributed by atoms with Gasteiger partial charge in [-0.3, -0.25) is 0 Å². The van der Waals surface area contributed by atoms with Crippen LogP contribution in [-0.4, -0.2) is 11.0 Å². The molecule has 0 aliphatic rings. The summed E-state index contributed by atoms with van der Waals surface area (Å²) in [6, 6.07) is 0. The maximum absolute atomic E-state index is 4.67. The summed E-state index contributed by atoms with van der Waals surface area (Å²) in [5.74, 6) is 0. The molecule has 49 valence electrons. The third-order valence-electron chi connectivity index (χ3n) is 0. The molecule has 0 aliphatic carbocycles. The van der Waals surface area contributed by atoms with Gasteiger partial charge in [-0.2, -0.15) is 0 Å². The Labute approximate surface area is 56.8 Å². The normalized spacial score (nSPS) is 3.67. The Kier molecular flexibility index (Phi) is 148. The van der Waals surface area contributed by atoms with Crippen LogP contribution in [0.1, 0.15) is 0 Å². The molecule has 6 heteroatoms. The van der Waals surface area contributed by atoms with Crippen molar-refractivity contribution >= 4 is 32.6 Å². The summed E-state index contributed by atoms with van der Waals surface area (Å²) < 4.78 is 0. The summed E-state index contributed by atoms with van der Waals surface area (Å²) in [6.07, 6.45) is 0. The fourth-order valence-electron chi connectivity index (χ4n) is 0. The third-order valence-corrected chi connectivity index (χ3v) is 0. The van der Waals surface area contributed by atoms with Crippen molar-refractivity contribution in [3.63, 3.8) is 0 Å². The van der Waals surface area contributed by atoms with E-state index in [1.54, 1.807) is 0 Å².